The standard InChI is InChI=1S/C19H18N2O3S/c1-14-5-6-15(13-18(14)21-11-3-4-12-21)19(22)20-16-7-9-17(10-8-16)25(2,23)24/h3-13H,1-2H3,(H,20,22). The first kappa shape index (κ1) is 17.0. The van der Waals surface area contributed by atoms with Crippen molar-refractivity contribution in [3.05, 3.63) is 78.1 Å². The molecule has 1 N–H and O–H groups in total. The van der Waals surface area contributed by atoms with Crippen LogP contribution in [0.1, 0.15) is 15.9 Å². The van der Waals surface area contributed by atoms with Gasteiger partial charge < -0.3 is 9.88 Å². The lowest BCUT2D eigenvalue weighted by atomic mass is 10.1. The Bertz CT molecular complexity index is 1010. The molecule has 1 amide bonds. The molecule has 3 aromatic rings. The Kier molecular flexibility index (Phi) is 4.46. The highest BCUT2D eigenvalue weighted by Gasteiger charge is 2.11. The van der Waals surface area contributed by atoms with Crippen LogP contribution >= 0.6 is 0 Å². The molecule has 0 fully saturated rings. The van der Waals surface area contributed by atoms with Gasteiger partial charge in [0.05, 0.1) is 4.90 Å². The number of benzene rings is 2. The summed E-state index contributed by atoms with van der Waals surface area (Å²) < 4.78 is 24.9. The zero-order valence-electron chi connectivity index (χ0n) is 13.9. The average molecular weight is 354 g/mol. The number of carbonyl (C=O) groups is 1. The molecule has 25 heavy (non-hydrogen) atoms. The molecule has 6 heteroatoms. The largest absolute Gasteiger partial charge is 0.324 e. The lowest BCUT2D eigenvalue weighted by Crippen LogP contribution is -2.12. The second-order valence-corrected chi connectivity index (χ2v) is 7.86. The minimum Gasteiger partial charge on any atom is -0.324 e. The van der Waals surface area contributed by atoms with Crippen molar-refractivity contribution >= 4 is 21.4 Å². The molecule has 1 heterocycles. The quantitative estimate of drug-likeness (QED) is 0.780. The number of carbonyl (C=O) groups excluding carboxylic acids is 1. The fraction of sp³-hybridized carbons (Fsp3) is 0.105. The molecule has 0 saturated heterocycles. The van der Waals surface area contributed by atoms with Crippen molar-refractivity contribution in [1.82, 2.24) is 4.57 Å². The molecule has 0 unspecified atom stereocenters. The molecule has 1 aromatic heterocycles. The predicted octanol–water partition coefficient (Wildman–Crippen LogP) is 3.44. The number of aryl methyl sites for hydroxylation is 1. The van der Waals surface area contributed by atoms with Gasteiger partial charge in [0.15, 0.2) is 9.84 Å². The van der Waals surface area contributed by atoms with Gasteiger partial charge in [-0.1, -0.05) is 6.07 Å². The van der Waals surface area contributed by atoms with Crippen LogP contribution in [0.5, 0.6) is 0 Å². The van der Waals surface area contributed by atoms with Crippen molar-refractivity contribution in [2.24, 2.45) is 0 Å². The van der Waals surface area contributed by atoms with E-state index in [2.05, 4.69) is 5.32 Å². The maximum absolute atomic E-state index is 12.5. The van der Waals surface area contributed by atoms with Gasteiger partial charge in [0.1, 0.15) is 0 Å². The van der Waals surface area contributed by atoms with E-state index in [0.29, 0.717) is 11.3 Å². The third kappa shape index (κ3) is 3.80. The number of hydrogen-bond acceptors (Lipinski definition) is 3. The Labute approximate surface area is 146 Å². The Morgan fingerprint density at radius 1 is 1.00 bits per heavy atom. The summed E-state index contributed by atoms with van der Waals surface area (Å²) in [7, 11) is -3.25. The average Bonchev–Trinajstić information content (AvgIpc) is 3.09. The summed E-state index contributed by atoms with van der Waals surface area (Å²) >= 11 is 0. The van der Waals surface area contributed by atoms with Gasteiger partial charge in [-0.3, -0.25) is 4.79 Å². The van der Waals surface area contributed by atoms with Gasteiger partial charge >= 0.3 is 0 Å². The molecule has 0 spiro atoms. The second-order valence-electron chi connectivity index (χ2n) is 5.84. The van der Waals surface area contributed by atoms with E-state index in [1.165, 1.54) is 12.1 Å². The second kappa shape index (κ2) is 6.57. The maximum Gasteiger partial charge on any atom is 0.255 e. The summed E-state index contributed by atoms with van der Waals surface area (Å²) in [6, 6.07) is 15.5. The van der Waals surface area contributed by atoms with Crippen LogP contribution in [0.25, 0.3) is 5.69 Å². The number of anilines is 1. The van der Waals surface area contributed by atoms with E-state index < -0.39 is 9.84 Å². The molecule has 3 rings (SSSR count). The third-order valence-electron chi connectivity index (χ3n) is 3.89. The van der Waals surface area contributed by atoms with Crippen LogP contribution in [0, 0.1) is 6.92 Å². The Morgan fingerprint density at radius 3 is 2.24 bits per heavy atom. The minimum absolute atomic E-state index is 0.218. The first-order chi connectivity index (χ1) is 11.8. The van der Waals surface area contributed by atoms with Crippen LogP contribution in [-0.2, 0) is 9.84 Å². The maximum atomic E-state index is 12.5. The lowest BCUT2D eigenvalue weighted by molar-refractivity contribution is 0.102. The van der Waals surface area contributed by atoms with Crippen molar-refractivity contribution in [1.29, 1.82) is 0 Å². The van der Waals surface area contributed by atoms with Crippen molar-refractivity contribution in [3.8, 4) is 5.69 Å². The first-order valence-corrected chi connectivity index (χ1v) is 9.59. The van der Waals surface area contributed by atoms with Crippen LogP contribution in [0.15, 0.2) is 71.9 Å². The van der Waals surface area contributed by atoms with E-state index in [9.17, 15) is 13.2 Å². The molecule has 0 aliphatic heterocycles. The van der Waals surface area contributed by atoms with Crippen LogP contribution in [0.3, 0.4) is 0 Å². The topological polar surface area (TPSA) is 68.2 Å². The van der Waals surface area contributed by atoms with Crippen molar-refractivity contribution < 1.29 is 13.2 Å². The zero-order valence-corrected chi connectivity index (χ0v) is 14.7. The molecule has 0 aliphatic rings. The number of rotatable bonds is 4. The monoisotopic (exact) mass is 354 g/mol. The van der Waals surface area contributed by atoms with Gasteiger partial charge in [-0.15, -0.1) is 0 Å². The lowest BCUT2D eigenvalue weighted by Gasteiger charge is -2.11. The summed E-state index contributed by atoms with van der Waals surface area (Å²) in [5.41, 5.74) is 3.07. The normalized spacial score (nSPS) is 11.3. The van der Waals surface area contributed by atoms with Gasteiger partial charge in [-0.25, -0.2) is 8.42 Å². The molecular weight excluding hydrogens is 336 g/mol. The van der Waals surface area contributed by atoms with E-state index in [-0.39, 0.29) is 10.8 Å². The summed E-state index contributed by atoms with van der Waals surface area (Å²) in [5, 5.41) is 2.79. The number of amides is 1. The molecule has 5 nitrogen and oxygen atoms in total. The summed E-state index contributed by atoms with van der Waals surface area (Å²) in [6.07, 6.45) is 5.00. The van der Waals surface area contributed by atoms with Crippen LogP contribution in [-0.4, -0.2) is 25.1 Å². The van der Waals surface area contributed by atoms with Gasteiger partial charge in [0, 0.05) is 35.6 Å². The molecule has 0 atom stereocenters. The first-order valence-electron chi connectivity index (χ1n) is 7.70. The Morgan fingerprint density at radius 2 is 1.64 bits per heavy atom. The van der Waals surface area contributed by atoms with E-state index in [0.717, 1.165) is 17.5 Å². The van der Waals surface area contributed by atoms with Crippen LogP contribution in [0.4, 0.5) is 5.69 Å². The van der Waals surface area contributed by atoms with Crippen molar-refractivity contribution in [2.45, 2.75) is 11.8 Å². The van der Waals surface area contributed by atoms with Crippen LogP contribution in [0.2, 0.25) is 0 Å². The molecular formula is C19H18N2O3S. The van der Waals surface area contributed by atoms with E-state index in [4.69, 9.17) is 0 Å². The van der Waals surface area contributed by atoms with Gasteiger partial charge in [0.2, 0.25) is 0 Å². The number of hydrogen-bond donors (Lipinski definition) is 1. The number of nitrogens with zero attached hydrogens (tertiary/aromatic N) is 1. The molecule has 128 valence electrons. The molecule has 2 aromatic carbocycles. The molecule has 0 bridgehead atoms. The summed E-state index contributed by atoms with van der Waals surface area (Å²) in [6.45, 7) is 1.99. The highest BCUT2D eigenvalue weighted by Crippen LogP contribution is 2.19. The highest BCUT2D eigenvalue weighted by atomic mass is 32.2. The summed E-state index contributed by atoms with van der Waals surface area (Å²) in [4.78, 5) is 12.7. The summed E-state index contributed by atoms with van der Waals surface area (Å²) in [5.74, 6) is -0.250. The van der Waals surface area contributed by atoms with Crippen molar-refractivity contribution in [2.75, 3.05) is 11.6 Å². The SMILES string of the molecule is Cc1ccc(C(=O)Nc2ccc(S(C)(=O)=O)cc2)cc1-n1cccc1. The van der Waals surface area contributed by atoms with E-state index in [1.807, 2.05) is 48.1 Å². The van der Waals surface area contributed by atoms with Gasteiger partial charge in [0.25, 0.3) is 5.91 Å². The fourth-order valence-corrected chi connectivity index (χ4v) is 3.14. The molecule has 0 saturated carbocycles. The minimum atomic E-state index is -3.25. The number of sulfone groups is 1. The molecule has 0 radical (unpaired) electrons. The Balaban J connectivity index is 1.83. The van der Waals surface area contributed by atoms with E-state index in [1.54, 1.807) is 18.2 Å². The highest BCUT2D eigenvalue weighted by molar-refractivity contribution is 7.90. The number of aromatic nitrogens is 1. The fourth-order valence-electron chi connectivity index (χ4n) is 2.51. The van der Waals surface area contributed by atoms with Crippen LogP contribution < -0.4 is 5.32 Å². The van der Waals surface area contributed by atoms with E-state index >= 15 is 0 Å². The van der Waals surface area contributed by atoms with Gasteiger partial charge in [-0.05, 0) is 61.0 Å². The van der Waals surface area contributed by atoms with Crippen molar-refractivity contribution in [3.63, 3.8) is 0 Å². The predicted molar refractivity (Wildman–Crippen MR) is 98.0 cm³/mol. The Hall–Kier alpha value is -2.86. The number of nitrogens with one attached hydrogen (secondary N) is 1. The molecule has 0 aliphatic carbocycles. The smallest absolute Gasteiger partial charge is 0.255 e. The van der Waals surface area contributed by atoms with Gasteiger partial charge in [-0.2, -0.15) is 0 Å². The zero-order chi connectivity index (χ0) is 18.0. The third-order valence-corrected chi connectivity index (χ3v) is 5.02.